The maximum atomic E-state index is 11.1. The summed E-state index contributed by atoms with van der Waals surface area (Å²) in [6.07, 6.45) is 4.78. The van der Waals surface area contributed by atoms with E-state index in [1.165, 1.54) is 29.1 Å². The lowest BCUT2D eigenvalue weighted by Crippen LogP contribution is -2.32. The van der Waals surface area contributed by atoms with Crippen molar-refractivity contribution >= 4 is 34.7 Å². The van der Waals surface area contributed by atoms with Crippen LogP contribution in [0.5, 0.6) is 0 Å². The standard InChI is InChI=1S/C10H13N3OS2/c1-7(14)15-10-2-3-11-5-8(10)4-9-6-12-16-13-9/h4,6,10-11H,2-3,5H2,1H3. The maximum Gasteiger partial charge on any atom is 0.186 e. The average Bonchev–Trinajstić information content (AvgIpc) is 2.73. The zero-order valence-corrected chi connectivity index (χ0v) is 10.6. The van der Waals surface area contributed by atoms with E-state index >= 15 is 0 Å². The minimum absolute atomic E-state index is 0.175. The van der Waals surface area contributed by atoms with Gasteiger partial charge in [-0.15, -0.1) is 0 Å². The lowest BCUT2D eigenvalue weighted by Gasteiger charge is -2.24. The van der Waals surface area contributed by atoms with Gasteiger partial charge in [-0.3, -0.25) is 4.79 Å². The molecule has 1 aliphatic rings. The summed E-state index contributed by atoms with van der Waals surface area (Å²) >= 11 is 2.62. The lowest BCUT2D eigenvalue weighted by atomic mass is 10.1. The molecule has 4 nitrogen and oxygen atoms in total. The normalized spacial score (nSPS) is 23.6. The van der Waals surface area contributed by atoms with E-state index in [2.05, 4.69) is 14.1 Å². The van der Waals surface area contributed by atoms with Crippen LogP contribution in [0.2, 0.25) is 0 Å². The van der Waals surface area contributed by atoms with Crippen molar-refractivity contribution < 1.29 is 4.79 Å². The van der Waals surface area contributed by atoms with Gasteiger partial charge in [-0.1, -0.05) is 11.8 Å². The predicted molar refractivity (Wildman–Crippen MR) is 67.4 cm³/mol. The molecular formula is C10H13N3OS2. The van der Waals surface area contributed by atoms with Crippen LogP contribution in [-0.2, 0) is 4.79 Å². The number of nitrogens with one attached hydrogen (secondary N) is 1. The van der Waals surface area contributed by atoms with Crippen LogP contribution in [0, 0.1) is 0 Å². The fourth-order valence-corrected chi connectivity index (χ4v) is 3.00. The SMILES string of the molecule is CC(=O)SC1CCNCC1=Cc1cnsn1. The summed E-state index contributed by atoms with van der Waals surface area (Å²) in [4.78, 5) is 11.1. The number of rotatable bonds is 2. The van der Waals surface area contributed by atoms with E-state index < -0.39 is 0 Å². The van der Waals surface area contributed by atoms with Gasteiger partial charge < -0.3 is 5.32 Å². The minimum atomic E-state index is 0.175. The van der Waals surface area contributed by atoms with Crippen LogP contribution < -0.4 is 5.32 Å². The molecule has 0 aromatic carbocycles. The highest BCUT2D eigenvalue weighted by molar-refractivity contribution is 8.14. The van der Waals surface area contributed by atoms with Gasteiger partial charge in [0, 0.05) is 18.7 Å². The molecule has 1 unspecified atom stereocenters. The van der Waals surface area contributed by atoms with Crippen molar-refractivity contribution in [2.24, 2.45) is 0 Å². The number of nitrogens with zero attached hydrogens (tertiary/aromatic N) is 2. The molecule has 0 radical (unpaired) electrons. The third kappa shape index (κ3) is 3.13. The quantitative estimate of drug-likeness (QED) is 0.869. The molecule has 1 atom stereocenters. The fraction of sp³-hybridized carbons (Fsp3) is 0.500. The summed E-state index contributed by atoms with van der Waals surface area (Å²) in [5.41, 5.74) is 2.12. The van der Waals surface area contributed by atoms with Crippen LogP contribution in [0.4, 0.5) is 0 Å². The van der Waals surface area contributed by atoms with Gasteiger partial charge >= 0.3 is 0 Å². The van der Waals surface area contributed by atoms with Crippen LogP contribution in [0.25, 0.3) is 6.08 Å². The highest BCUT2D eigenvalue weighted by atomic mass is 32.2. The van der Waals surface area contributed by atoms with Crippen LogP contribution in [0.1, 0.15) is 19.0 Å². The minimum Gasteiger partial charge on any atom is -0.313 e. The van der Waals surface area contributed by atoms with E-state index in [1.807, 2.05) is 6.08 Å². The van der Waals surface area contributed by atoms with Crippen molar-refractivity contribution in [2.45, 2.75) is 18.6 Å². The molecule has 1 N–H and O–H groups in total. The maximum absolute atomic E-state index is 11.1. The van der Waals surface area contributed by atoms with Gasteiger partial charge in [-0.2, -0.15) is 8.75 Å². The summed E-state index contributed by atoms with van der Waals surface area (Å²) < 4.78 is 8.12. The Hall–Kier alpha value is -0.720. The van der Waals surface area contributed by atoms with Gasteiger partial charge in [0.1, 0.15) is 0 Å². The molecule has 86 valence electrons. The van der Waals surface area contributed by atoms with Gasteiger partial charge in [-0.05, 0) is 24.6 Å². The Bertz CT molecular complexity index is 389. The highest BCUT2D eigenvalue weighted by Gasteiger charge is 2.20. The first-order valence-corrected chi connectivity index (χ1v) is 6.72. The molecule has 0 aliphatic carbocycles. The number of aromatic nitrogens is 2. The second-order valence-corrected chi connectivity index (χ2v) is 5.55. The number of thioether (sulfide) groups is 1. The van der Waals surface area contributed by atoms with Crippen molar-refractivity contribution in [3.8, 4) is 0 Å². The monoisotopic (exact) mass is 255 g/mol. The molecule has 0 bridgehead atoms. The summed E-state index contributed by atoms with van der Waals surface area (Å²) in [6, 6.07) is 0. The number of hydrogen-bond acceptors (Lipinski definition) is 6. The van der Waals surface area contributed by atoms with Gasteiger partial charge in [0.25, 0.3) is 0 Å². The van der Waals surface area contributed by atoms with Crippen molar-refractivity contribution in [1.29, 1.82) is 0 Å². The summed E-state index contributed by atoms with van der Waals surface area (Å²) in [5.74, 6) is 0. The van der Waals surface area contributed by atoms with Gasteiger partial charge in [-0.25, -0.2) is 0 Å². The molecule has 2 rings (SSSR count). The van der Waals surface area contributed by atoms with E-state index in [4.69, 9.17) is 0 Å². The first-order valence-electron chi connectivity index (χ1n) is 5.11. The zero-order valence-electron chi connectivity index (χ0n) is 8.97. The molecule has 1 aliphatic heterocycles. The Morgan fingerprint density at radius 2 is 2.62 bits per heavy atom. The molecule has 1 saturated heterocycles. The highest BCUT2D eigenvalue weighted by Crippen LogP contribution is 2.26. The van der Waals surface area contributed by atoms with E-state index in [-0.39, 0.29) is 5.12 Å². The van der Waals surface area contributed by atoms with Crippen molar-refractivity contribution in [1.82, 2.24) is 14.1 Å². The second-order valence-electron chi connectivity index (χ2n) is 3.62. The molecule has 2 heterocycles. The number of carbonyl (C=O) groups is 1. The first-order chi connectivity index (χ1) is 7.75. The fourth-order valence-electron chi connectivity index (χ4n) is 1.67. The van der Waals surface area contributed by atoms with Crippen LogP contribution >= 0.6 is 23.5 Å². The Morgan fingerprint density at radius 1 is 1.75 bits per heavy atom. The third-order valence-electron chi connectivity index (χ3n) is 2.35. The molecule has 1 fully saturated rings. The summed E-state index contributed by atoms with van der Waals surface area (Å²) in [6.45, 7) is 3.43. The number of piperidine rings is 1. The summed E-state index contributed by atoms with van der Waals surface area (Å²) in [7, 11) is 0. The molecule has 1 aromatic heterocycles. The predicted octanol–water partition coefficient (Wildman–Crippen LogP) is 1.56. The molecule has 0 amide bonds. The Morgan fingerprint density at radius 3 is 3.31 bits per heavy atom. The van der Waals surface area contributed by atoms with Gasteiger partial charge in [0.05, 0.1) is 23.6 Å². The van der Waals surface area contributed by atoms with Crippen LogP contribution in [-0.4, -0.2) is 32.2 Å². The van der Waals surface area contributed by atoms with E-state index in [9.17, 15) is 4.79 Å². The van der Waals surface area contributed by atoms with Gasteiger partial charge in [0.15, 0.2) is 5.12 Å². The second kappa shape index (κ2) is 5.56. The first kappa shape index (κ1) is 11.8. The Kier molecular flexibility index (Phi) is 4.09. The molecule has 0 spiro atoms. The van der Waals surface area contributed by atoms with Crippen LogP contribution in [0.15, 0.2) is 11.8 Å². The smallest absolute Gasteiger partial charge is 0.186 e. The topological polar surface area (TPSA) is 54.9 Å². The van der Waals surface area contributed by atoms with Gasteiger partial charge in [0.2, 0.25) is 0 Å². The van der Waals surface area contributed by atoms with Crippen molar-refractivity contribution in [3.63, 3.8) is 0 Å². The lowest BCUT2D eigenvalue weighted by molar-refractivity contribution is -0.109. The van der Waals surface area contributed by atoms with E-state index in [0.29, 0.717) is 5.25 Å². The molecule has 0 saturated carbocycles. The molecule has 6 heteroatoms. The molecule has 16 heavy (non-hydrogen) atoms. The Labute approximate surface area is 103 Å². The number of carbonyl (C=O) groups excluding carboxylic acids is 1. The molecular weight excluding hydrogens is 242 g/mol. The largest absolute Gasteiger partial charge is 0.313 e. The van der Waals surface area contributed by atoms with Crippen molar-refractivity contribution in [2.75, 3.05) is 13.1 Å². The molecule has 1 aromatic rings. The van der Waals surface area contributed by atoms with E-state index in [0.717, 1.165) is 25.2 Å². The van der Waals surface area contributed by atoms with Crippen LogP contribution in [0.3, 0.4) is 0 Å². The Balaban J connectivity index is 2.12. The zero-order chi connectivity index (χ0) is 11.4. The van der Waals surface area contributed by atoms with E-state index in [1.54, 1.807) is 13.1 Å². The number of hydrogen-bond donors (Lipinski definition) is 1. The average molecular weight is 255 g/mol. The van der Waals surface area contributed by atoms with Crippen molar-refractivity contribution in [3.05, 3.63) is 17.5 Å². The third-order valence-corrected chi connectivity index (χ3v) is 3.99. The summed E-state index contributed by atoms with van der Waals surface area (Å²) in [5, 5.41) is 3.78.